The molecule has 0 saturated heterocycles. The summed E-state index contributed by atoms with van der Waals surface area (Å²) >= 11 is 0. The number of fused-ring (bicyclic) bond motifs is 1. The average Bonchev–Trinajstić information content (AvgIpc) is 2.73. The Morgan fingerprint density at radius 1 is 1.03 bits per heavy atom. The number of hydrogen-bond acceptors (Lipinski definition) is 7. The van der Waals surface area contributed by atoms with Crippen molar-refractivity contribution in [3.63, 3.8) is 0 Å². The quantitative estimate of drug-likeness (QED) is 0.475. The van der Waals surface area contributed by atoms with Crippen LogP contribution in [0.5, 0.6) is 0 Å². The molecule has 0 fully saturated rings. The van der Waals surface area contributed by atoms with E-state index >= 15 is 0 Å². The topological polar surface area (TPSA) is 135 Å². The fourth-order valence-electron chi connectivity index (χ4n) is 3.06. The molecule has 0 bridgehead atoms. The Balaban J connectivity index is 1.53. The SMILES string of the molecule is Cc1cc(NS(=O)(=O)c2ccc(NC(=O)c3cnc4ccccn4c3=O)cc2)nc(C)n1. The van der Waals surface area contributed by atoms with Crippen molar-refractivity contribution in [2.45, 2.75) is 18.7 Å². The molecule has 0 atom stereocenters. The van der Waals surface area contributed by atoms with E-state index in [1.54, 1.807) is 32.0 Å². The van der Waals surface area contributed by atoms with Gasteiger partial charge >= 0.3 is 0 Å². The van der Waals surface area contributed by atoms with Crippen LogP contribution in [0.3, 0.4) is 0 Å². The number of rotatable bonds is 5. The van der Waals surface area contributed by atoms with Gasteiger partial charge in [-0.3, -0.25) is 18.7 Å². The summed E-state index contributed by atoms with van der Waals surface area (Å²) in [4.78, 5) is 37.4. The number of pyridine rings is 1. The molecule has 0 spiro atoms. The van der Waals surface area contributed by atoms with E-state index in [9.17, 15) is 18.0 Å². The summed E-state index contributed by atoms with van der Waals surface area (Å²) in [7, 11) is -3.89. The van der Waals surface area contributed by atoms with E-state index in [1.807, 2.05) is 0 Å². The Morgan fingerprint density at radius 2 is 1.78 bits per heavy atom. The van der Waals surface area contributed by atoms with Crippen molar-refractivity contribution in [2.75, 3.05) is 10.0 Å². The van der Waals surface area contributed by atoms with Gasteiger partial charge < -0.3 is 5.32 Å². The molecule has 4 rings (SSSR count). The molecule has 1 amide bonds. The summed E-state index contributed by atoms with van der Waals surface area (Å²) in [6.45, 7) is 3.40. The van der Waals surface area contributed by atoms with E-state index in [2.05, 4.69) is 25.0 Å². The molecule has 0 radical (unpaired) electrons. The molecule has 0 aliphatic carbocycles. The fourth-order valence-corrected chi connectivity index (χ4v) is 4.06. The third kappa shape index (κ3) is 4.32. The summed E-state index contributed by atoms with van der Waals surface area (Å²) in [5.74, 6) is -0.0436. The largest absolute Gasteiger partial charge is 0.322 e. The first-order valence-corrected chi connectivity index (χ1v) is 10.9. The predicted molar refractivity (Wildman–Crippen MR) is 118 cm³/mol. The van der Waals surface area contributed by atoms with Crippen molar-refractivity contribution in [1.82, 2.24) is 19.4 Å². The first kappa shape index (κ1) is 21.1. The van der Waals surface area contributed by atoms with Gasteiger partial charge in [0.2, 0.25) is 0 Å². The Bertz CT molecular complexity index is 1480. The van der Waals surface area contributed by atoms with Crippen molar-refractivity contribution >= 4 is 33.1 Å². The van der Waals surface area contributed by atoms with Crippen LogP contribution in [0.2, 0.25) is 0 Å². The van der Waals surface area contributed by atoms with Crippen LogP contribution in [-0.4, -0.2) is 33.7 Å². The van der Waals surface area contributed by atoms with Gasteiger partial charge in [-0.25, -0.2) is 23.4 Å². The maximum atomic E-state index is 12.6. The van der Waals surface area contributed by atoms with Crippen LogP contribution in [0, 0.1) is 13.8 Å². The van der Waals surface area contributed by atoms with Crippen LogP contribution in [0.4, 0.5) is 11.5 Å². The predicted octanol–water partition coefficient (Wildman–Crippen LogP) is 2.15. The van der Waals surface area contributed by atoms with Gasteiger partial charge in [-0.1, -0.05) is 6.07 Å². The molecule has 11 heteroatoms. The Kier molecular flexibility index (Phi) is 5.41. The van der Waals surface area contributed by atoms with Crippen LogP contribution < -0.4 is 15.6 Å². The van der Waals surface area contributed by atoms with Crippen LogP contribution in [-0.2, 0) is 10.0 Å². The molecular formula is C21H18N6O4S. The summed E-state index contributed by atoms with van der Waals surface area (Å²) in [5, 5.41) is 2.58. The van der Waals surface area contributed by atoms with E-state index in [1.165, 1.54) is 47.1 Å². The van der Waals surface area contributed by atoms with Crippen LogP contribution in [0.25, 0.3) is 5.65 Å². The molecule has 1 aromatic carbocycles. The second-order valence-corrected chi connectivity index (χ2v) is 8.61. The Labute approximate surface area is 183 Å². The number of sulfonamides is 1. The third-order valence-electron chi connectivity index (χ3n) is 4.49. The number of nitrogens with one attached hydrogen (secondary N) is 2. The summed E-state index contributed by atoms with van der Waals surface area (Å²) in [6, 6.07) is 12.1. The van der Waals surface area contributed by atoms with Crippen molar-refractivity contribution in [1.29, 1.82) is 0 Å². The number of anilines is 2. The molecule has 0 saturated carbocycles. The number of carbonyl (C=O) groups is 1. The van der Waals surface area contributed by atoms with E-state index in [0.29, 0.717) is 22.9 Å². The molecular weight excluding hydrogens is 432 g/mol. The highest BCUT2D eigenvalue weighted by Crippen LogP contribution is 2.18. The highest BCUT2D eigenvalue weighted by atomic mass is 32.2. The Morgan fingerprint density at radius 3 is 2.50 bits per heavy atom. The van der Waals surface area contributed by atoms with Crippen molar-refractivity contribution in [2.24, 2.45) is 0 Å². The van der Waals surface area contributed by atoms with Crippen molar-refractivity contribution in [3.8, 4) is 0 Å². The zero-order valence-electron chi connectivity index (χ0n) is 17.1. The van der Waals surface area contributed by atoms with E-state index in [-0.39, 0.29) is 16.3 Å². The highest BCUT2D eigenvalue weighted by Gasteiger charge is 2.17. The lowest BCUT2D eigenvalue weighted by molar-refractivity contribution is 0.102. The first-order chi connectivity index (χ1) is 15.2. The van der Waals surface area contributed by atoms with Crippen molar-refractivity contribution in [3.05, 3.63) is 88.4 Å². The van der Waals surface area contributed by atoms with Gasteiger partial charge in [0.1, 0.15) is 22.9 Å². The molecule has 32 heavy (non-hydrogen) atoms. The monoisotopic (exact) mass is 450 g/mol. The Hall–Kier alpha value is -4.12. The smallest absolute Gasteiger partial charge is 0.270 e. The van der Waals surface area contributed by atoms with Crippen molar-refractivity contribution < 1.29 is 13.2 Å². The number of aryl methyl sites for hydroxylation is 2. The molecule has 2 N–H and O–H groups in total. The summed E-state index contributed by atoms with van der Waals surface area (Å²) in [6.07, 6.45) is 2.73. The van der Waals surface area contributed by atoms with Gasteiger partial charge in [-0.05, 0) is 50.2 Å². The molecule has 0 unspecified atom stereocenters. The normalized spacial score (nSPS) is 11.3. The number of carbonyl (C=O) groups excluding carboxylic acids is 1. The number of amides is 1. The van der Waals surface area contributed by atoms with Crippen LogP contribution in [0.15, 0.2) is 70.6 Å². The van der Waals surface area contributed by atoms with Gasteiger partial charge in [-0.15, -0.1) is 0 Å². The molecule has 3 aromatic heterocycles. The zero-order chi connectivity index (χ0) is 22.9. The zero-order valence-corrected chi connectivity index (χ0v) is 17.9. The lowest BCUT2D eigenvalue weighted by atomic mass is 10.2. The van der Waals surface area contributed by atoms with E-state index < -0.39 is 21.5 Å². The maximum absolute atomic E-state index is 12.6. The third-order valence-corrected chi connectivity index (χ3v) is 5.86. The summed E-state index contributed by atoms with van der Waals surface area (Å²) < 4.78 is 29.0. The van der Waals surface area contributed by atoms with E-state index in [0.717, 1.165) is 0 Å². The molecule has 3 heterocycles. The molecule has 0 aliphatic rings. The van der Waals surface area contributed by atoms with Crippen LogP contribution in [0.1, 0.15) is 21.9 Å². The second-order valence-electron chi connectivity index (χ2n) is 6.93. The number of aromatic nitrogens is 4. The van der Waals surface area contributed by atoms with Gasteiger partial charge in [-0.2, -0.15) is 0 Å². The molecule has 162 valence electrons. The van der Waals surface area contributed by atoms with E-state index in [4.69, 9.17) is 0 Å². The maximum Gasteiger partial charge on any atom is 0.270 e. The van der Waals surface area contributed by atoms with Gasteiger partial charge in [0.25, 0.3) is 21.5 Å². The molecule has 4 aromatic rings. The average molecular weight is 450 g/mol. The number of hydrogen-bond donors (Lipinski definition) is 2. The minimum atomic E-state index is -3.89. The number of nitrogens with zero attached hydrogens (tertiary/aromatic N) is 4. The molecule has 0 aliphatic heterocycles. The van der Waals surface area contributed by atoms with Gasteiger partial charge in [0.05, 0.1) is 4.90 Å². The van der Waals surface area contributed by atoms with Gasteiger partial charge in [0.15, 0.2) is 0 Å². The number of benzene rings is 1. The van der Waals surface area contributed by atoms with Crippen LogP contribution >= 0.6 is 0 Å². The lowest BCUT2D eigenvalue weighted by Gasteiger charge is -2.10. The minimum absolute atomic E-state index is 0.0168. The lowest BCUT2D eigenvalue weighted by Crippen LogP contribution is -2.26. The fraction of sp³-hybridized carbons (Fsp3) is 0.0952. The molecule has 10 nitrogen and oxygen atoms in total. The summed E-state index contributed by atoms with van der Waals surface area (Å²) in [5.41, 5.74) is 0.728. The first-order valence-electron chi connectivity index (χ1n) is 9.46. The standard InChI is InChI=1S/C21H18N6O4S/c1-13-11-18(24-14(2)23-13)26-32(30,31)16-8-6-15(7-9-16)25-20(28)17-12-22-19-5-3-4-10-27(19)21(17)29/h3-12H,1-2H3,(H,25,28)(H,23,24,26). The highest BCUT2D eigenvalue weighted by molar-refractivity contribution is 7.92. The van der Waals surface area contributed by atoms with Gasteiger partial charge in [0, 0.05) is 29.8 Å². The minimum Gasteiger partial charge on any atom is -0.322 e. The second kappa shape index (κ2) is 8.19.